The Hall–Kier alpha value is -1.07. The van der Waals surface area contributed by atoms with Crippen molar-refractivity contribution in [3.05, 3.63) is 11.2 Å². The van der Waals surface area contributed by atoms with Crippen LogP contribution < -0.4 is 11.1 Å². The topological polar surface area (TPSA) is 73.1 Å². The van der Waals surface area contributed by atoms with Gasteiger partial charge in [0.25, 0.3) is 0 Å². The molecular weight excluding hydrogens is 252 g/mol. The zero-order valence-corrected chi connectivity index (χ0v) is 11.1. The zero-order valence-electron chi connectivity index (χ0n) is 10.4. The summed E-state index contributed by atoms with van der Waals surface area (Å²) in [5, 5.41) is 3.47. The maximum Gasteiger partial charge on any atom is 0.223 e. The Kier molecular flexibility index (Phi) is 5.01. The van der Waals surface area contributed by atoms with Crippen LogP contribution in [0.4, 0.5) is 11.8 Å². The predicted molar refractivity (Wildman–Crippen MR) is 72.8 cm³/mol. The van der Waals surface area contributed by atoms with Crippen LogP contribution in [0.3, 0.4) is 0 Å². The molecule has 3 N–H and O–H groups in total. The molecule has 0 amide bonds. The van der Waals surface area contributed by atoms with Gasteiger partial charge in [-0.2, -0.15) is 4.98 Å². The molecule has 0 unspecified atom stereocenters. The van der Waals surface area contributed by atoms with E-state index in [0.717, 1.165) is 0 Å². The maximum absolute atomic E-state index is 5.80. The monoisotopic (exact) mass is 270 g/mol. The van der Waals surface area contributed by atoms with Gasteiger partial charge in [-0.05, 0) is 12.8 Å². The van der Waals surface area contributed by atoms with Gasteiger partial charge in [-0.3, -0.25) is 0 Å². The molecule has 1 aliphatic carbocycles. The van der Waals surface area contributed by atoms with Crippen LogP contribution in [0, 0.1) is 0 Å². The summed E-state index contributed by atoms with van der Waals surface area (Å²) in [5.74, 6) is 0.818. The molecule has 1 aromatic heterocycles. The fourth-order valence-corrected chi connectivity index (χ4v) is 2.35. The Morgan fingerprint density at radius 2 is 2.11 bits per heavy atom. The summed E-state index contributed by atoms with van der Waals surface area (Å²) >= 11 is 5.78. The highest BCUT2D eigenvalue weighted by Gasteiger charge is 2.13. The highest BCUT2D eigenvalue weighted by Crippen LogP contribution is 2.20. The molecule has 0 aliphatic heterocycles. The molecule has 5 nitrogen and oxygen atoms in total. The van der Waals surface area contributed by atoms with Crippen molar-refractivity contribution in [2.45, 2.75) is 38.2 Å². The van der Waals surface area contributed by atoms with Crippen molar-refractivity contribution in [3.63, 3.8) is 0 Å². The molecule has 1 aromatic rings. The quantitative estimate of drug-likeness (QED) is 0.635. The van der Waals surface area contributed by atoms with E-state index in [1.807, 2.05) is 0 Å². The third-order valence-corrected chi connectivity index (χ3v) is 3.22. The lowest BCUT2D eigenvalue weighted by Gasteiger charge is -2.22. The molecule has 0 spiro atoms. The molecule has 0 saturated heterocycles. The van der Waals surface area contributed by atoms with Gasteiger partial charge in [0.1, 0.15) is 11.0 Å². The number of anilines is 2. The van der Waals surface area contributed by atoms with E-state index in [1.54, 1.807) is 6.07 Å². The van der Waals surface area contributed by atoms with E-state index in [9.17, 15) is 0 Å². The standard InChI is InChI=1S/C12H19ClN4O/c13-10-8-11(17-12(14)16-10)15-6-7-18-9-4-2-1-3-5-9/h8-9H,1-7H2,(H3,14,15,16,17). The Morgan fingerprint density at radius 3 is 2.83 bits per heavy atom. The molecule has 0 bridgehead atoms. The second-order valence-electron chi connectivity index (χ2n) is 4.49. The van der Waals surface area contributed by atoms with Gasteiger partial charge in [-0.1, -0.05) is 30.9 Å². The molecule has 1 saturated carbocycles. The van der Waals surface area contributed by atoms with Crippen LogP contribution in [-0.4, -0.2) is 29.2 Å². The number of rotatable bonds is 5. The first-order chi connectivity index (χ1) is 8.74. The van der Waals surface area contributed by atoms with E-state index in [1.165, 1.54) is 32.1 Å². The Bertz CT molecular complexity index is 362. The largest absolute Gasteiger partial charge is 0.376 e. The molecule has 100 valence electrons. The van der Waals surface area contributed by atoms with Crippen LogP contribution in [0.25, 0.3) is 0 Å². The highest BCUT2D eigenvalue weighted by atomic mass is 35.5. The van der Waals surface area contributed by atoms with E-state index in [2.05, 4.69) is 15.3 Å². The van der Waals surface area contributed by atoms with Gasteiger partial charge >= 0.3 is 0 Å². The lowest BCUT2D eigenvalue weighted by atomic mass is 9.98. The second-order valence-corrected chi connectivity index (χ2v) is 4.88. The minimum Gasteiger partial charge on any atom is -0.376 e. The second kappa shape index (κ2) is 6.75. The number of halogens is 1. The van der Waals surface area contributed by atoms with Crippen LogP contribution in [0.1, 0.15) is 32.1 Å². The van der Waals surface area contributed by atoms with Gasteiger partial charge in [-0.25, -0.2) is 4.98 Å². The number of nitrogen functional groups attached to an aromatic ring is 1. The molecule has 1 heterocycles. The van der Waals surface area contributed by atoms with Crippen molar-refractivity contribution in [1.29, 1.82) is 0 Å². The Balaban J connectivity index is 1.68. The molecule has 0 radical (unpaired) electrons. The molecule has 1 fully saturated rings. The van der Waals surface area contributed by atoms with Crippen LogP contribution in [-0.2, 0) is 4.74 Å². The SMILES string of the molecule is Nc1nc(Cl)cc(NCCOC2CCCCC2)n1. The molecule has 1 aliphatic rings. The van der Waals surface area contributed by atoms with Crippen molar-refractivity contribution in [2.75, 3.05) is 24.2 Å². The lowest BCUT2D eigenvalue weighted by molar-refractivity contribution is 0.0347. The number of nitrogens with two attached hydrogens (primary N) is 1. The van der Waals surface area contributed by atoms with Gasteiger partial charge in [0.15, 0.2) is 0 Å². The van der Waals surface area contributed by atoms with E-state index < -0.39 is 0 Å². The maximum atomic E-state index is 5.80. The van der Waals surface area contributed by atoms with E-state index >= 15 is 0 Å². The number of hydrogen-bond acceptors (Lipinski definition) is 5. The average Bonchev–Trinajstić information content (AvgIpc) is 2.35. The number of nitrogens with zero attached hydrogens (tertiary/aromatic N) is 2. The van der Waals surface area contributed by atoms with Gasteiger partial charge < -0.3 is 15.8 Å². The van der Waals surface area contributed by atoms with Crippen LogP contribution in [0.5, 0.6) is 0 Å². The first-order valence-corrected chi connectivity index (χ1v) is 6.77. The molecule has 6 heteroatoms. The number of nitrogens with one attached hydrogen (secondary N) is 1. The van der Waals surface area contributed by atoms with E-state index in [4.69, 9.17) is 22.1 Å². The summed E-state index contributed by atoms with van der Waals surface area (Å²) in [6.07, 6.45) is 6.72. The summed E-state index contributed by atoms with van der Waals surface area (Å²) in [6, 6.07) is 1.65. The highest BCUT2D eigenvalue weighted by molar-refractivity contribution is 6.29. The third-order valence-electron chi connectivity index (χ3n) is 3.03. The molecule has 18 heavy (non-hydrogen) atoms. The molecule has 2 rings (SSSR count). The van der Waals surface area contributed by atoms with Crippen LogP contribution in [0.2, 0.25) is 5.15 Å². The van der Waals surface area contributed by atoms with Gasteiger partial charge in [-0.15, -0.1) is 0 Å². The first-order valence-electron chi connectivity index (χ1n) is 6.39. The van der Waals surface area contributed by atoms with Gasteiger partial charge in [0, 0.05) is 12.6 Å². The minimum atomic E-state index is 0.179. The Labute approximate surface area is 112 Å². The zero-order chi connectivity index (χ0) is 12.8. The van der Waals surface area contributed by atoms with Gasteiger partial charge in [0.2, 0.25) is 5.95 Å². The van der Waals surface area contributed by atoms with Crippen molar-refractivity contribution in [2.24, 2.45) is 0 Å². The summed E-state index contributed by atoms with van der Waals surface area (Å²) in [4.78, 5) is 7.83. The molecule has 0 aromatic carbocycles. The summed E-state index contributed by atoms with van der Waals surface area (Å²) in [6.45, 7) is 1.37. The summed E-state index contributed by atoms with van der Waals surface area (Å²) in [5.41, 5.74) is 5.50. The third kappa shape index (κ3) is 4.31. The van der Waals surface area contributed by atoms with Crippen molar-refractivity contribution < 1.29 is 4.74 Å². The predicted octanol–water partition coefficient (Wildman–Crippen LogP) is 2.47. The average molecular weight is 271 g/mol. The van der Waals surface area contributed by atoms with Crippen molar-refractivity contribution >= 4 is 23.4 Å². The minimum absolute atomic E-state index is 0.179. The number of ether oxygens (including phenoxy) is 1. The number of aromatic nitrogens is 2. The smallest absolute Gasteiger partial charge is 0.223 e. The lowest BCUT2D eigenvalue weighted by Crippen LogP contribution is -2.20. The van der Waals surface area contributed by atoms with Crippen LogP contribution >= 0.6 is 11.6 Å². The molecular formula is C12H19ClN4O. The van der Waals surface area contributed by atoms with Crippen molar-refractivity contribution in [1.82, 2.24) is 9.97 Å². The summed E-state index contributed by atoms with van der Waals surface area (Å²) in [7, 11) is 0. The number of hydrogen-bond donors (Lipinski definition) is 2. The molecule has 0 atom stereocenters. The van der Waals surface area contributed by atoms with Crippen molar-refractivity contribution in [3.8, 4) is 0 Å². The van der Waals surface area contributed by atoms with E-state index in [-0.39, 0.29) is 5.95 Å². The fraction of sp³-hybridized carbons (Fsp3) is 0.667. The van der Waals surface area contributed by atoms with Gasteiger partial charge in [0.05, 0.1) is 12.7 Å². The normalized spacial score (nSPS) is 16.7. The summed E-state index contributed by atoms with van der Waals surface area (Å²) < 4.78 is 5.80. The van der Waals surface area contributed by atoms with Crippen LogP contribution in [0.15, 0.2) is 6.07 Å². The Morgan fingerprint density at radius 1 is 1.33 bits per heavy atom. The first kappa shape index (κ1) is 13.4. The van der Waals surface area contributed by atoms with E-state index in [0.29, 0.717) is 30.2 Å². The fourth-order valence-electron chi connectivity index (χ4n) is 2.16.